The zero-order valence-electron chi connectivity index (χ0n) is 11.4. The fourth-order valence-electron chi connectivity index (χ4n) is 1.67. The molecule has 0 aromatic heterocycles. The Balaban J connectivity index is 2.58. The maximum atomic E-state index is 12.7. The Morgan fingerprint density at radius 2 is 1.95 bits per heavy atom. The highest BCUT2D eigenvalue weighted by Crippen LogP contribution is 2.35. The Morgan fingerprint density at radius 3 is 2.50 bits per heavy atom. The molecule has 6 heteroatoms. The van der Waals surface area contributed by atoms with Gasteiger partial charge in [0, 0.05) is 0 Å². The van der Waals surface area contributed by atoms with Crippen LogP contribution in [0.1, 0.15) is 25.3 Å². The molecule has 1 aromatic rings. The Labute approximate surface area is 116 Å². The second-order valence-electron chi connectivity index (χ2n) is 4.64. The lowest BCUT2D eigenvalue weighted by Gasteiger charge is -2.20. The minimum atomic E-state index is -4.43. The van der Waals surface area contributed by atoms with Gasteiger partial charge in [-0.25, -0.2) is 0 Å². The quantitative estimate of drug-likeness (QED) is 0.815. The Bertz CT molecular complexity index is 482. The van der Waals surface area contributed by atoms with Crippen molar-refractivity contribution in [1.29, 1.82) is 5.26 Å². The van der Waals surface area contributed by atoms with Crippen molar-refractivity contribution < 1.29 is 17.9 Å². The average Bonchev–Trinajstić information content (AvgIpc) is 2.43. The third kappa shape index (κ3) is 4.42. The van der Waals surface area contributed by atoms with Gasteiger partial charge in [0.1, 0.15) is 11.3 Å². The number of halogens is 3. The van der Waals surface area contributed by atoms with Crippen molar-refractivity contribution in [3.8, 4) is 11.8 Å². The summed E-state index contributed by atoms with van der Waals surface area (Å²) in [6.45, 7) is 1.86. The fraction of sp³-hybridized carbons (Fsp3) is 0.500. The fourth-order valence-corrected chi connectivity index (χ4v) is 1.67. The largest absolute Gasteiger partial charge is 0.493 e. The van der Waals surface area contributed by atoms with Crippen LogP contribution in [-0.4, -0.2) is 19.2 Å². The van der Waals surface area contributed by atoms with E-state index < -0.39 is 17.3 Å². The lowest BCUT2D eigenvalue weighted by atomic mass is 9.98. The van der Waals surface area contributed by atoms with Crippen molar-refractivity contribution in [1.82, 2.24) is 5.32 Å². The Morgan fingerprint density at radius 1 is 1.30 bits per heavy atom. The minimum Gasteiger partial charge on any atom is -0.493 e. The van der Waals surface area contributed by atoms with E-state index in [4.69, 9.17) is 10.00 Å². The molecule has 1 unspecified atom stereocenters. The SMILES string of the molecule is CNC(C)(C#N)CCCOc1ccccc1C(F)(F)F. The highest BCUT2D eigenvalue weighted by molar-refractivity contribution is 5.35. The van der Waals surface area contributed by atoms with Crippen LogP contribution in [0, 0.1) is 11.3 Å². The van der Waals surface area contributed by atoms with Crippen LogP contribution in [0.4, 0.5) is 13.2 Å². The first-order valence-electron chi connectivity index (χ1n) is 6.21. The van der Waals surface area contributed by atoms with Gasteiger partial charge in [-0.2, -0.15) is 18.4 Å². The number of ether oxygens (including phenoxy) is 1. The number of para-hydroxylation sites is 1. The van der Waals surface area contributed by atoms with E-state index in [1.165, 1.54) is 18.2 Å². The van der Waals surface area contributed by atoms with Crippen molar-refractivity contribution in [3.05, 3.63) is 29.8 Å². The van der Waals surface area contributed by atoms with E-state index in [0.29, 0.717) is 12.8 Å². The number of benzene rings is 1. The predicted octanol–water partition coefficient (Wildman–Crippen LogP) is 3.37. The summed E-state index contributed by atoms with van der Waals surface area (Å²) < 4.78 is 43.4. The molecule has 0 radical (unpaired) electrons. The number of nitriles is 1. The van der Waals surface area contributed by atoms with Gasteiger partial charge in [-0.3, -0.25) is 0 Å². The zero-order valence-corrected chi connectivity index (χ0v) is 11.4. The molecular formula is C14H17F3N2O. The van der Waals surface area contributed by atoms with Crippen molar-refractivity contribution >= 4 is 0 Å². The van der Waals surface area contributed by atoms with Gasteiger partial charge in [0.2, 0.25) is 0 Å². The molecule has 1 atom stereocenters. The first-order valence-corrected chi connectivity index (χ1v) is 6.21. The van der Waals surface area contributed by atoms with Gasteiger partial charge >= 0.3 is 6.18 Å². The monoisotopic (exact) mass is 286 g/mol. The standard InChI is InChI=1S/C14H17F3N2O/c1-13(10-18,19-2)8-5-9-20-12-7-4-3-6-11(12)14(15,16)17/h3-4,6-7,19H,5,8-9H2,1-2H3. The van der Waals surface area contributed by atoms with Crippen LogP contribution in [0.2, 0.25) is 0 Å². The van der Waals surface area contributed by atoms with E-state index in [2.05, 4.69) is 11.4 Å². The van der Waals surface area contributed by atoms with Gasteiger partial charge in [0.15, 0.2) is 0 Å². The number of alkyl halides is 3. The molecule has 0 spiro atoms. The molecule has 0 bridgehead atoms. The van der Waals surface area contributed by atoms with E-state index in [-0.39, 0.29) is 12.4 Å². The number of rotatable bonds is 6. The van der Waals surface area contributed by atoms with Gasteiger partial charge in [0.25, 0.3) is 0 Å². The van der Waals surface area contributed by atoms with Crippen LogP contribution in [0.15, 0.2) is 24.3 Å². The van der Waals surface area contributed by atoms with Gasteiger partial charge in [-0.1, -0.05) is 12.1 Å². The summed E-state index contributed by atoms with van der Waals surface area (Å²) in [7, 11) is 1.67. The van der Waals surface area contributed by atoms with Crippen molar-refractivity contribution in [2.75, 3.05) is 13.7 Å². The summed E-state index contributed by atoms with van der Waals surface area (Å²) in [6.07, 6.45) is -3.45. The molecule has 0 aliphatic heterocycles. The topological polar surface area (TPSA) is 45.0 Å². The van der Waals surface area contributed by atoms with E-state index in [1.807, 2.05) is 0 Å². The summed E-state index contributed by atoms with van der Waals surface area (Å²) in [6, 6.07) is 7.22. The highest BCUT2D eigenvalue weighted by atomic mass is 19.4. The third-order valence-electron chi connectivity index (χ3n) is 3.07. The molecule has 1 N–H and O–H groups in total. The van der Waals surface area contributed by atoms with Crippen LogP contribution >= 0.6 is 0 Å². The van der Waals surface area contributed by atoms with E-state index >= 15 is 0 Å². The molecule has 0 saturated heterocycles. The average molecular weight is 286 g/mol. The van der Waals surface area contributed by atoms with Gasteiger partial charge < -0.3 is 10.1 Å². The summed E-state index contributed by atoms with van der Waals surface area (Å²) in [4.78, 5) is 0. The molecule has 1 aromatic carbocycles. The van der Waals surface area contributed by atoms with E-state index in [0.717, 1.165) is 6.07 Å². The summed E-state index contributed by atoms with van der Waals surface area (Å²) in [5.74, 6) is -0.178. The maximum absolute atomic E-state index is 12.7. The number of hydrogen-bond acceptors (Lipinski definition) is 3. The summed E-state index contributed by atoms with van der Waals surface area (Å²) in [5, 5.41) is 11.8. The third-order valence-corrected chi connectivity index (χ3v) is 3.07. The minimum absolute atomic E-state index is 0.131. The Hall–Kier alpha value is -1.74. The zero-order chi connectivity index (χ0) is 15.2. The van der Waals surface area contributed by atoms with Crippen LogP contribution < -0.4 is 10.1 Å². The molecule has 3 nitrogen and oxygen atoms in total. The molecule has 0 aliphatic rings. The van der Waals surface area contributed by atoms with Crippen LogP contribution in [0.3, 0.4) is 0 Å². The molecule has 0 heterocycles. The molecule has 1 rings (SSSR count). The predicted molar refractivity (Wildman–Crippen MR) is 69.3 cm³/mol. The number of nitrogens with one attached hydrogen (secondary N) is 1. The molecule has 0 saturated carbocycles. The second kappa shape index (κ2) is 6.62. The number of nitrogens with zero attached hydrogens (tertiary/aromatic N) is 1. The second-order valence-corrected chi connectivity index (χ2v) is 4.64. The van der Waals surface area contributed by atoms with E-state index in [1.54, 1.807) is 14.0 Å². The Kier molecular flexibility index (Phi) is 5.40. The smallest absolute Gasteiger partial charge is 0.419 e. The van der Waals surface area contributed by atoms with Gasteiger partial charge in [-0.05, 0) is 38.9 Å². The van der Waals surface area contributed by atoms with Gasteiger partial charge in [0.05, 0.1) is 18.2 Å². The first kappa shape index (κ1) is 16.3. The molecular weight excluding hydrogens is 269 g/mol. The highest BCUT2D eigenvalue weighted by Gasteiger charge is 2.34. The summed E-state index contributed by atoms with van der Waals surface area (Å²) in [5.41, 5.74) is -1.47. The maximum Gasteiger partial charge on any atom is 0.419 e. The molecule has 0 fully saturated rings. The number of hydrogen-bond donors (Lipinski definition) is 1. The normalized spacial score (nSPS) is 14.4. The first-order chi connectivity index (χ1) is 9.32. The summed E-state index contributed by atoms with van der Waals surface area (Å²) >= 11 is 0. The molecule has 110 valence electrons. The van der Waals surface area contributed by atoms with E-state index in [9.17, 15) is 13.2 Å². The lowest BCUT2D eigenvalue weighted by molar-refractivity contribution is -0.139. The van der Waals surface area contributed by atoms with Crippen molar-refractivity contribution in [3.63, 3.8) is 0 Å². The van der Waals surface area contributed by atoms with Crippen LogP contribution in [0.25, 0.3) is 0 Å². The van der Waals surface area contributed by atoms with Crippen LogP contribution in [-0.2, 0) is 6.18 Å². The van der Waals surface area contributed by atoms with Gasteiger partial charge in [-0.15, -0.1) is 0 Å². The molecule has 0 amide bonds. The lowest BCUT2D eigenvalue weighted by Crippen LogP contribution is -2.38. The molecule has 0 aliphatic carbocycles. The molecule has 20 heavy (non-hydrogen) atoms. The van der Waals surface area contributed by atoms with Crippen molar-refractivity contribution in [2.24, 2.45) is 0 Å². The van der Waals surface area contributed by atoms with Crippen molar-refractivity contribution in [2.45, 2.75) is 31.5 Å². The van der Waals surface area contributed by atoms with Crippen LogP contribution in [0.5, 0.6) is 5.75 Å².